The van der Waals surface area contributed by atoms with Crippen molar-refractivity contribution in [3.05, 3.63) is 41.3 Å². The molecule has 4 rings (SSSR count). The number of hydrogen-bond donors (Lipinski definition) is 1. The van der Waals surface area contributed by atoms with Gasteiger partial charge in [-0.25, -0.2) is 4.98 Å². The summed E-state index contributed by atoms with van der Waals surface area (Å²) in [5, 5.41) is 4.66. The fourth-order valence-electron chi connectivity index (χ4n) is 3.54. The van der Waals surface area contributed by atoms with E-state index < -0.39 is 12.3 Å². The lowest BCUT2D eigenvalue weighted by Gasteiger charge is -2.33. The Kier molecular flexibility index (Phi) is 6.61. The van der Waals surface area contributed by atoms with Gasteiger partial charge >= 0.3 is 6.36 Å². The van der Waals surface area contributed by atoms with Crippen molar-refractivity contribution in [2.24, 2.45) is 0 Å². The van der Waals surface area contributed by atoms with Crippen molar-refractivity contribution in [1.82, 2.24) is 9.88 Å². The molecule has 0 saturated carbocycles. The van der Waals surface area contributed by atoms with Gasteiger partial charge in [0, 0.05) is 48.7 Å². The summed E-state index contributed by atoms with van der Waals surface area (Å²) in [4.78, 5) is 21.6. The molecule has 1 N–H and O–H groups in total. The molecule has 0 atom stereocenters. The number of hydrogen-bond acceptors (Lipinski definition) is 7. The second-order valence-electron chi connectivity index (χ2n) is 7.81. The molecule has 0 radical (unpaired) electrons. The van der Waals surface area contributed by atoms with Gasteiger partial charge in [0.2, 0.25) is 0 Å². The molecule has 11 heteroatoms. The molecular weight excluding hydrogens is 457 g/mol. The monoisotopic (exact) mass is 480 g/mol. The summed E-state index contributed by atoms with van der Waals surface area (Å²) in [6.07, 6.45) is -4.77. The largest absolute Gasteiger partial charge is 0.573 e. The number of carbonyl (C=O) groups excluding carboxylic acids is 1. The molecule has 0 aliphatic carbocycles. The van der Waals surface area contributed by atoms with Gasteiger partial charge < -0.3 is 24.6 Å². The Morgan fingerprint density at radius 3 is 2.67 bits per heavy atom. The summed E-state index contributed by atoms with van der Waals surface area (Å²) in [5.41, 5.74) is 2.48. The molecule has 1 aliphatic rings. The van der Waals surface area contributed by atoms with Crippen LogP contribution in [0.2, 0.25) is 0 Å². The van der Waals surface area contributed by atoms with Crippen LogP contribution in [0, 0.1) is 6.92 Å². The first-order chi connectivity index (χ1) is 15.7. The standard InChI is InChI=1S/C22H23F3N4O3S/c1-14-9-19(29-7-5-28(2)6-8-29)27-18-4-3-15(10-17(14)18)26-20(30)12-31-16-11-21(33-13-16)32-22(23,24)25/h3-4,9-11,13H,5-8,12H2,1-2H3,(H,26,30). The Labute approximate surface area is 192 Å². The Morgan fingerprint density at radius 2 is 1.94 bits per heavy atom. The minimum Gasteiger partial charge on any atom is -0.483 e. The van der Waals surface area contributed by atoms with E-state index in [0.717, 1.165) is 65.9 Å². The average molecular weight is 481 g/mol. The number of rotatable bonds is 6. The quantitative estimate of drug-likeness (QED) is 0.569. The lowest BCUT2D eigenvalue weighted by atomic mass is 10.1. The van der Waals surface area contributed by atoms with E-state index in [1.165, 1.54) is 5.38 Å². The number of aromatic nitrogens is 1. The highest BCUT2D eigenvalue weighted by Gasteiger charge is 2.32. The van der Waals surface area contributed by atoms with Crippen LogP contribution in [-0.4, -0.2) is 62.0 Å². The van der Waals surface area contributed by atoms with Crippen molar-refractivity contribution < 1.29 is 27.4 Å². The van der Waals surface area contributed by atoms with Gasteiger partial charge in [-0.2, -0.15) is 0 Å². The zero-order valence-corrected chi connectivity index (χ0v) is 18.9. The smallest absolute Gasteiger partial charge is 0.483 e. The van der Waals surface area contributed by atoms with Crippen LogP contribution in [0.25, 0.3) is 10.9 Å². The van der Waals surface area contributed by atoms with Gasteiger partial charge in [-0.05, 0) is 43.8 Å². The molecule has 33 heavy (non-hydrogen) atoms. The van der Waals surface area contributed by atoms with Crippen LogP contribution in [0.5, 0.6) is 10.8 Å². The molecule has 7 nitrogen and oxygen atoms in total. The van der Waals surface area contributed by atoms with E-state index in [0.29, 0.717) is 5.69 Å². The molecule has 1 saturated heterocycles. The maximum atomic E-state index is 12.3. The lowest BCUT2D eigenvalue weighted by Crippen LogP contribution is -2.44. The van der Waals surface area contributed by atoms with Crippen LogP contribution < -0.4 is 19.7 Å². The molecule has 3 heterocycles. The van der Waals surface area contributed by atoms with Crippen LogP contribution in [0.4, 0.5) is 24.7 Å². The van der Waals surface area contributed by atoms with Crippen LogP contribution >= 0.6 is 11.3 Å². The molecule has 2 aromatic heterocycles. The Balaban J connectivity index is 1.38. The zero-order valence-electron chi connectivity index (χ0n) is 18.1. The second-order valence-corrected chi connectivity index (χ2v) is 8.68. The van der Waals surface area contributed by atoms with Crippen molar-refractivity contribution in [3.63, 3.8) is 0 Å². The summed E-state index contributed by atoms with van der Waals surface area (Å²) < 4.78 is 45.8. The highest BCUT2D eigenvalue weighted by atomic mass is 32.1. The fourth-order valence-corrected chi connectivity index (χ4v) is 4.24. The third kappa shape index (κ3) is 6.05. The SMILES string of the molecule is Cc1cc(N2CCN(C)CC2)nc2ccc(NC(=O)COc3csc(OC(F)(F)F)c3)cc12. The van der Waals surface area contributed by atoms with Gasteiger partial charge in [-0.1, -0.05) is 0 Å². The number of thiophene rings is 1. The van der Waals surface area contributed by atoms with Gasteiger partial charge in [-0.3, -0.25) is 4.79 Å². The molecular formula is C22H23F3N4O3S. The number of ether oxygens (including phenoxy) is 2. The third-order valence-electron chi connectivity index (χ3n) is 5.25. The van der Waals surface area contributed by atoms with E-state index in [-0.39, 0.29) is 17.4 Å². The number of amides is 1. The number of aryl methyl sites for hydroxylation is 1. The number of nitrogens with one attached hydrogen (secondary N) is 1. The highest BCUT2D eigenvalue weighted by molar-refractivity contribution is 7.12. The first-order valence-electron chi connectivity index (χ1n) is 10.3. The number of anilines is 2. The normalized spacial score (nSPS) is 15.0. The van der Waals surface area contributed by atoms with Crippen molar-refractivity contribution in [2.75, 3.05) is 50.1 Å². The molecule has 1 aliphatic heterocycles. The molecule has 3 aromatic rings. The van der Waals surface area contributed by atoms with Gasteiger partial charge in [0.25, 0.3) is 5.91 Å². The predicted molar refractivity (Wildman–Crippen MR) is 121 cm³/mol. The first-order valence-corrected chi connectivity index (χ1v) is 11.2. The van der Waals surface area contributed by atoms with E-state index in [9.17, 15) is 18.0 Å². The Bertz CT molecular complexity index is 1140. The van der Waals surface area contributed by atoms with Crippen LogP contribution in [0.1, 0.15) is 5.56 Å². The molecule has 1 amide bonds. The van der Waals surface area contributed by atoms with E-state index in [2.05, 4.69) is 33.0 Å². The summed E-state index contributed by atoms with van der Waals surface area (Å²) in [5.74, 6) is 0.644. The number of carbonyl (C=O) groups is 1. The number of nitrogens with zero attached hydrogens (tertiary/aromatic N) is 3. The molecule has 176 valence electrons. The molecule has 1 aromatic carbocycles. The Morgan fingerprint density at radius 1 is 1.18 bits per heavy atom. The average Bonchev–Trinajstić information content (AvgIpc) is 3.18. The van der Waals surface area contributed by atoms with Crippen LogP contribution in [0.3, 0.4) is 0 Å². The minimum atomic E-state index is -4.77. The van der Waals surface area contributed by atoms with Crippen molar-refractivity contribution in [2.45, 2.75) is 13.3 Å². The lowest BCUT2D eigenvalue weighted by molar-refractivity contribution is -0.273. The molecule has 0 spiro atoms. The minimum absolute atomic E-state index is 0.129. The summed E-state index contributed by atoms with van der Waals surface area (Å²) in [6.45, 7) is 5.50. The summed E-state index contributed by atoms with van der Waals surface area (Å²) >= 11 is 0.735. The fraction of sp³-hybridized carbons (Fsp3) is 0.364. The number of pyridine rings is 1. The number of benzene rings is 1. The number of halogens is 3. The van der Waals surface area contributed by atoms with E-state index >= 15 is 0 Å². The van der Waals surface area contributed by atoms with Gasteiger partial charge in [0.15, 0.2) is 11.7 Å². The predicted octanol–water partition coefficient (Wildman–Crippen LogP) is 4.27. The zero-order chi connectivity index (χ0) is 23.6. The molecule has 0 unspecified atom stereocenters. The van der Waals surface area contributed by atoms with Crippen LogP contribution in [-0.2, 0) is 4.79 Å². The number of alkyl halides is 3. The Hall–Kier alpha value is -3.05. The molecule has 0 bridgehead atoms. The maximum absolute atomic E-state index is 12.3. The summed E-state index contributed by atoms with van der Waals surface area (Å²) in [6, 6.07) is 8.62. The number of piperazine rings is 1. The maximum Gasteiger partial charge on any atom is 0.573 e. The number of likely N-dealkylation sites (N-methyl/N-ethyl adjacent to an activating group) is 1. The van der Waals surface area contributed by atoms with Gasteiger partial charge in [-0.15, -0.1) is 24.5 Å². The van der Waals surface area contributed by atoms with Gasteiger partial charge in [0.05, 0.1) is 5.52 Å². The van der Waals surface area contributed by atoms with Crippen molar-refractivity contribution in [3.8, 4) is 10.8 Å². The van der Waals surface area contributed by atoms with E-state index in [1.807, 2.05) is 19.1 Å². The van der Waals surface area contributed by atoms with E-state index in [1.54, 1.807) is 6.07 Å². The van der Waals surface area contributed by atoms with E-state index in [4.69, 9.17) is 9.72 Å². The van der Waals surface area contributed by atoms with Crippen LogP contribution in [0.15, 0.2) is 35.7 Å². The topological polar surface area (TPSA) is 66.9 Å². The van der Waals surface area contributed by atoms with Gasteiger partial charge in [0.1, 0.15) is 11.6 Å². The summed E-state index contributed by atoms with van der Waals surface area (Å²) in [7, 11) is 2.11. The second kappa shape index (κ2) is 9.44. The number of fused-ring (bicyclic) bond motifs is 1. The van der Waals surface area contributed by atoms with Crippen molar-refractivity contribution >= 4 is 39.7 Å². The highest BCUT2D eigenvalue weighted by Crippen LogP contribution is 2.33. The first kappa shape index (κ1) is 23.1. The van der Waals surface area contributed by atoms with Crippen molar-refractivity contribution in [1.29, 1.82) is 0 Å². The third-order valence-corrected chi connectivity index (χ3v) is 6.03. The molecule has 1 fully saturated rings.